The number of nitrogens with two attached hydrogens (primary N) is 1. The van der Waals surface area contributed by atoms with Gasteiger partial charge in [-0.05, 0) is 11.6 Å². The number of anilines is 1. The predicted octanol–water partition coefficient (Wildman–Crippen LogP) is 1.12. The van der Waals surface area contributed by atoms with E-state index in [4.69, 9.17) is 5.73 Å². The Balaban J connectivity index is 2.07. The molecule has 1 amide bonds. The monoisotopic (exact) mass is 242 g/mol. The lowest BCUT2D eigenvalue weighted by atomic mass is 10.1. The van der Waals surface area contributed by atoms with Crippen molar-refractivity contribution in [3.8, 4) is 0 Å². The van der Waals surface area contributed by atoms with Crippen LogP contribution in [0.3, 0.4) is 0 Å². The highest BCUT2D eigenvalue weighted by Crippen LogP contribution is 2.16. The number of benzene rings is 1. The first-order chi connectivity index (χ1) is 8.75. The highest BCUT2D eigenvalue weighted by Gasteiger charge is 2.04. The van der Waals surface area contributed by atoms with Crippen LogP contribution < -0.4 is 11.1 Å². The van der Waals surface area contributed by atoms with Crippen molar-refractivity contribution in [2.45, 2.75) is 13.0 Å². The number of amides is 1. The molecule has 1 heterocycles. The van der Waals surface area contributed by atoms with Gasteiger partial charge >= 0.3 is 0 Å². The third kappa shape index (κ3) is 3.28. The van der Waals surface area contributed by atoms with Gasteiger partial charge in [0.25, 0.3) is 0 Å². The van der Waals surface area contributed by atoms with Crippen LogP contribution in [0.5, 0.6) is 0 Å². The maximum absolute atomic E-state index is 11.0. The summed E-state index contributed by atoms with van der Waals surface area (Å²) in [6.07, 6.45) is 5.20. The first-order valence-electron chi connectivity index (χ1n) is 5.60. The lowest BCUT2D eigenvalue weighted by Crippen LogP contribution is -2.15. The number of carbonyl (C=O) groups excluding carboxylic acids is 1. The molecule has 5 heteroatoms. The number of hydrogen-bond acceptors (Lipinski definition) is 4. The van der Waals surface area contributed by atoms with Gasteiger partial charge in [0.1, 0.15) is 0 Å². The van der Waals surface area contributed by atoms with Crippen molar-refractivity contribution in [1.82, 2.24) is 9.97 Å². The average Bonchev–Trinajstić information content (AvgIpc) is 2.38. The van der Waals surface area contributed by atoms with Gasteiger partial charge in [0.15, 0.2) is 0 Å². The highest BCUT2D eigenvalue weighted by atomic mass is 16.1. The third-order valence-electron chi connectivity index (χ3n) is 2.46. The van der Waals surface area contributed by atoms with Gasteiger partial charge in [-0.1, -0.05) is 18.2 Å². The molecule has 1 aromatic heterocycles. The molecule has 2 rings (SSSR count). The number of nitrogens with one attached hydrogen (secondary N) is 1. The molecule has 3 N–H and O–H groups in total. The van der Waals surface area contributed by atoms with E-state index in [1.54, 1.807) is 18.6 Å². The van der Waals surface area contributed by atoms with Gasteiger partial charge in [-0.25, -0.2) is 0 Å². The van der Waals surface area contributed by atoms with E-state index in [9.17, 15) is 4.79 Å². The van der Waals surface area contributed by atoms with E-state index < -0.39 is 0 Å². The van der Waals surface area contributed by atoms with E-state index >= 15 is 0 Å². The molecule has 0 saturated heterocycles. The van der Waals surface area contributed by atoms with Crippen LogP contribution in [-0.4, -0.2) is 15.9 Å². The molecule has 0 aliphatic carbocycles. The SMILES string of the molecule is NC(=O)Cc1ccccc1NCc1cnccn1. The fraction of sp³-hybridized carbons (Fsp3) is 0.154. The van der Waals surface area contributed by atoms with E-state index in [0.29, 0.717) is 6.54 Å². The zero-order valence-electron chi connectivity index (χ0n) is 9.84. The van der Waals surface area contributed by atoms with E-state index in [1.807, 2.05) is 24.3 Å². The first kappa shape index (κ1) is 12.0. The van der Waals surface area contributed by atoms with Crippen LogP contribution in [0.1, 0.15) is 11.3 Å². The van der Waals surface area contributed by atoms with Gasteiger partial charge in [-0.15, -0.1) is 0 Å². The maximum atomic E-state index is 11.0. The number of nitrogens with zero attached hydrogens (tertiary/aromatic N) is 2. The van der Waals surface area contributed by atoms with Gasteiger partial charge < -0.3 is 11.1 Å². The molecule has 2 aromatic rings. The third-order valence-corrected chi connectivity index (χ3v) is 2.46. The topological polar surface area (TPSA) is 80.9 Å². The van der Waals surface area contributed by atoms with Crippen LogP contribution in [0, 0.1) is 0 Å². The highest BCUT2D eigenvalue weighted by molar-refractivity contribution is 5.78. The Bertz CT molecular complexity index is 528. The summed E-state index contributed by atoms with van der Waals surface area (Å²) >= 11 is 0. The largest absolute Gasteiger partial charge is 0.379 e. The Morgan fingerprint density at radius 1 is 1.28 bits per heavy atom. The molecular formula is C13H14N4O. The quantitative estimate of drug-likeness (QED) is 0.823. The summed E-state index contributed by atoms with van der Waals surface area (Å²) in [5.41, 5.74) is 7.82. The minimum atomic E-state index is -0.344. The molecule has 5 nitrogen and oxygen atoms in total. The summed E-state index contributed by atoms with van der Waals surface area (Å²) in [5, 5.41) is 3.22. The van der Waals surface area contributed by atoms with Gasteiger partial charge in [-0.3, -0.25) is 14.8 Å². The van der Waals surface area contributed by atoms with Crippen molar-refractivity contribution in [3.63, 3.8) is 0 Å². The molecule has 0 spiro atoms. The molecule has 92 valence electrons. The fourth-order valence-electron chi connectivity index (χ4n) is 1.64. The number of aromatic nitrogens is 2. The molecule has 0 bridgehead atoms. The zero-order valence-corrected chi connectivity index (χ0v) is 9.84. The lowest BCUT2D eigenvalue weighted by molar-refractivity contribution is -0.117. The molecule has 0 radical (unpaired) electrons. The Labute approximate surface area is 105 Å². The first-order valence-corrected chi connectivity index (χ1v) is 5.60. The van der Waals surface area contributed by atoms with Crippen molar-refractivity contribution in [1.29, 1.82) is 0 Å². The standard InChI is InChI=1S/C13H14N4O/c14-13(18)7-10-3-1-2-4-12(10)17-9-11-8-15-5-6-16-11/h1-6,8,17H,7,9H2,(H2,14,18). The maximum Gasteiger partial charge on any atom is 0.221 e. The normalized spacial score (nSPS) is 10.0. The summed E-state index contributed by atoms with van der Waals surface area (Å²) in [6.45, 7) is 0.559. The lowest BCUT2D eigenvalue weighted by Gasteiger charge is -2.10. The van der Waals surface area contributed by atoms with E-state index in [1.165, 1.54) is 0 Å². The van der Waals surface area contributed by atoms with Crippen molar-refractivity contribution in [2.24, 2.45) is 5.73 Å². The van der Waals surface area contributed by atoms with Crippen LogP contribution in [-0.2, 0) is 17.8 Å². The average molecular weight is 242 g/mol. The summed E-state index contributed by atoms with van der Waals surface area (Å²) in [5.74, 6) is -0.344. The van der Waals surface area contributed by atoms with Crippen LogP contribution in [0.2, 0.25) is 0 Å². The van der Waals surface area contributed by atoms with Crippen molar-refractivity contribution in [3.05, 3.63) is 54.1 Å². The summed E-state index contributed by atoms with van der Waals surface area (Å²) in [7, 11) is 0. The van der Waals surface area contributed by atoms with Gasteiger partial charge in [0, 0.05) is 18.1 Å². The van der Waals surface area contributed by atoms with Crippen molar-refractivity contribution >= 4 is 11.6 Å². The molecule has 0 fully saturated rings. The minimum Gasteiger partial charge on any atom is -0.379 e. The Morgan fingerprint density at radius 2 is 2.11 bits per heavy atom. The molecule has 1 aromatic carbocycles. The smallest absolute Gasteiger partial charge is 0.221 e. The number of carbonyl (C=O) groups is 1. The molecule has 0 aliphatic heterocycles. The minimum absolute atomic E-state index is 0.226. The van der Waals surface area contributed by atoms with Gasteiger partial charge in [0.2, 0.25) is 5.91 Å². The summed E-state index contributed by atoms with van der Waals surface area (Å²) in [6, 6.07) is 7.58. The Morgan fingerprint density at radius 3 is 2.83 bits per heavy atom. The summed E-state index contributed by atoms with van der Waals surface area (Å²) in [4.78, 5) is 19.1. The molecule has 0 atom stereocenters. The molecule has 18 heavy (non-hydrogen) atoms. The Kier molecular flexibility index (Phi) is 3.86. The van der Waals surface area contributed by atoms with E-state index in [0.717, 1.165) is 16.9 Å². The molecular weight excluding hydrogens is 228 g/mol. The second kappa shape index (κ2) is 5.77. The van der Waals surface area contributed by atoms with Crippen LogP contribution in [0.15, 0.2) is 42.9 Å². The number of rotatable bonds is 5. The molecule has 0 unspecified atom stereocenters. The van der Waals surface area contributed by atoms with Gasteiger partial charge in [-0.2, -0.15) is 0 Å². The second-order valence-electron chi connectivity index (χ2n) is 3.85. The zero-order chi connectivity index (χ0) is 12.8. The number of primary amides is 1. The number of para-hydroxylation sites is 1. The fourth-order valence-corrected chi connectivity index (χ4v) is 1.64. The van der Waals surface area contributed by atoms with Crippen LogP contribution in [0.4, 0.5) is 5.69 Å². The van der Waals surface area contributed by atoms with Crippen LogP contribution in [0.25, 0.3) is 0 Å². The van der Waals surface area contributed by atoms with Crippen molar-refractivity contribution in [2.75, 3.05) is 5.32 Å². The van der Waals surface area contributed by atoms with Crippen molar-refractivity contribution < 1.29 is 4.79 Å². The predicted molar refractivity (Wildman–Crippen MR) is 68.7 cm³/mol. The van der Waals surface area contributed by atoms with E-state index in [2.05, 4.69) is 15.3 Å². The number of hydrogen-bond donors (Lipinski definition) is 2. The van der Waals surface area contributed by atoms with E-state index in [-0.39, 0.29) is 12.3 Å². The molecule has 0 saturated carbocycles. The summed E-state index contributed by atoms with van der Waals surface area (Å²) < 4.78 is 0. The second-order valence-corrected chi connectivity index (χ2v) is 3.85. The van der Waals surface area contributed by atoms with Gasteiger partial charge in [0.05, 0.1) is 24.9 Å². The molecule has 0 aliphatic rings. The Hall–Kier alpha value is -2.43. The van der Waals surface area contributed by atoms with Crippen LogP contribution >= 0.6 is 0 Å².